The van der Waals surface area contributed by atoms with Gasteiger partial charge in [-0.1, -0.05) is 27.0 Å². The van der Waals surface area contributed by atoms with Crippen molar-refractivity contribution in [2.24, 2.45) is 11.8 Å². The molecule has 11 saturated heterocycles. The molecule has 0 aromatic heterocycles. The predicted molar refractivity (Wildman–Crippen MR) is 193 cm³/mol. The Hall–Kier alpha value is -1.49. The highest BCUT2D eigenvalue weighted by Gasteiger charge is 2.69. The zero-order valence-electron chi connectivity index (χ0n) is 32.2. The van der Waals surface area contributed by atoms with E-state index in [-0.39, 0.29) is 98.0 Å². The summed E-state index contributed by atoms with van der Waals surface area (Å²) in [6, 6.07) is 0. The number of hydrogen-bond donors (Lipinski definition) is 2. The Kier molecular flexibility index (Phi) is 10.1. The van der Waals surface area contributed by atoms with Crippen LogP contribution in [0.2, 0.25) is 0 Å². The number of hydrogen-bond acceptors (Lipinski definition) is 13. The van der Waals surface area contributed by atoms with Gasteiger partial charge in [-0.25, -0.2) is 0 Å². The summed E-state index contributed by atoms with van der Waals surface area (Å²) in [5.74, 6) is -1.18. The SMILES string of the molecule is C=C1C[C@@H]2CC[C@@]34C[C@H]5O[C@H]6[C@@H](O3)[C@H]3O[C@H](CC[C@@H]3O[C@H]6[C@H]5O4)CC(=O)OC3[C@H](CC4O[C@@H](CCC1O2)C[C@@H](C)C4=C)O[C@H]1C[C@@H](O)[C@@H](CCO)O[C@H]1[C@@H]3C. The molecule has 1 spiro atoms. The van der Waals surface area contributed by atoms with E-state index in [1.54, 1.807) is 0 Å². The predicted octanol–water partition coefficient (Wildman–Crippen LogP) is 3.59. The number of aliphatic hydroxyl groups excluding tert-OH is 2. The molecule has 0 aliphatic carbocycles. The van der Waals surface area contributed by atoms with E-state index in [1.165, 1.54) is 0 Å². The molecule has 55 heavy (non-hydrogen) atoms. The molecule has 11 aliphatic rings. The minimum absolute atomic E-state index is 0.00281. The molecule has 11 aliphatic heterocycles. The van der Waals surface area contributed by atoms with Crippen molar-refractivity contribution < 1.29 is 62.4 Å². The molecule has 0 aromatic rings. The van der Waals surface area contributed by atoms with Gasteiger partial charge in [-0.2, -0.15) is 0 Å². The maximum Gasteiger partial charge on any atom is 0.308 e. The van der Waals surface area contributed by atoms with Gasteiger partial charge in [0.05, 0.1) is 79.7 Å². The Balaban J connectivity index is 0.934. The van der Waals surface area contributed by atoms with Crippen LogP contribution >= 0.6 is 0 Å². The van der Waals surface area contributed by atoms with Crippen LogP contribution in [-0.4, -0.2) is 138 Å². The van der Waals surface area contributed by atoms with Gasteiger partial charge in [0.2, 0.25) is 0 Å². The summed E-state index contributed by atoms with van der Waals surface area (Å²) >= 11 is 0. The summed E-state index contributed by atoms with van der Waals surface area (Å²) in [6.45, 7) is 13.1. The van der Waals surface area contributed by atoms with Crippen LogP contribution in [0.3, 0.4) is 0 Å². The normalized spacial score (nSPS) is 54.9. The van der Waals surface area contributed by atoms with Gasteiger partial charge in [0.1, 0.15) is 36.6 Å². The standard InChI is InChI=1S/C42H60O13/c1-19-13-23-5-7-27-20(2)14-25(46-27)9-11-42-18-33-38(54-42)39-40(52-33)41(55-42)37-29(51-39)8-6-24(48-37)15-34(45)53-36-22(4)35-31(16-26(44)28(50-35)10-12-43)49-32(36)17-30(47-23)21(19)3/h19,22-33,35-41,43-44H,2-3,5-18H2,1,4H3/t19-,22+,23+,24-,25+,26-,27?,28-,29+,30?,31+,32+,33-,35+,36?,37+,38+,39+,40-,41+,42+/m1/s1. The number of ether oxygens (including phenoxy) is 10. The van der Waals surface area contributed by atoms with Gasteiger partial charge in [-0.15, -0.1) is 0 Å². The van der Waals surface area contributed by atoms with E-state index in [2.05, 4.69) is 20.1 Å². The van der Waals surface area contributed by atoms with Crippen molar-refractivity contribution in [3.8, 4) is 0 Å². The molecule has 11 fully saturated rings. The second kappa shape index (κ2) is 14.7. The summed E-state index contributed by atoms with van der Waals surface area (Å²) in [5.41, 5.74) is 2.14. The molecular formula is C42H60O13. The van der Waals surface area contributed by atoms with Crippen molar-refractivity contribution >= 4 is 5.97 Å². The van der Waals surface area contributed by atoms with Crippen LogP contribution in [0.25, 0.3) is 0 Å². The third-order valence-electron chi connectivity index (χ3n) is 14.8. The third kappa shape index (κ3) is 6.79. The summed E-state index contributed by atoms with van der Waals surface area (Å²) in [7, 11) is 0. The van der Waals surface area contributed by atoms with Gasteiger partial charge < -0.3 is 57.6 Å². The number of carbonyl (C=O) groups excluding carboxylic acids is 1. The molecule has 21 atom stereocenters. The first-order valence-corrected chi connectivity index (χ1v) is 21.3. The van der Waals surface area contributed by atoms with E-state index in [0.29, 0.717) is 38.5 Å². The van der Waals surface area contributed by atoms with Gasteiger partial charge in [-0.3, -0.25) is 4.79 Å². The topological polar surface area (TPSA) is 150 Å². The average Bonchev–Trinajstić information content (AvgIpc) is 3.74. The second-order valence-corrected chi connectivity index (χ2v) is 18.5. The first-order chi connectivity index (χ1) is 26.5. The fraction of sp³-hybridized carbons (Fsp3) is 0.881. The summed E-state index contributed by atoms with van der Waals surface area (Å²) in [4.78, 5) is 14.0. The largest absolute Gasteiger partial charge is 0.459 e. The molecule has 12 bridgehead atoms. The monoisotopic (exact) mass is 772 g/mol. The first-order valence-electron chi connectivity index (χ1n) is 21.3. The van der Waals surface area contributed by atoms with Crippen LogP contribution in [0.15, 0.2) is 24.3 Å². The van der Waals surface area contributed by atoms with Gasteiger partial charge in [-0.05, 0) is 68.4 Å². The lowest BCUT2D eigenvalue weighted by atomic mass is 9.79. The van der Waals surface area contributed by atoms with E-state index in [4.69, 9.17) is 47.4 Å². The van der Waals surface area contributed by atoms with Gasteiger partial charge in [0, 0.05) is 38.2 Å². The van der Waals surface area contributed by atoms with Crippen molar-refractivity contribution in [3.05, 3.63) is 24.3 Å². The lowest BCUT2D eigenvalue weighted by molar-refractivity contribution is -0.293. The molecule has 0 aromatic carbocycles. The van der Waals surface area contributed by atoms with Crippen molar-refractivity contribution in [1.82, 2.24) is 0 Å². The molecule has 0 amide bonds. The minimum Gasteiger partial charge on any atom is -0.459 e. The molecule has 3 unspecified atom stereocenters. The van der Waals surface area contributed by atoms with E-state index in [1.807, 2.05) is 6.92 Å². The molecule has 13 heteroatoms. The highest BCUT2D eigenvalue weighted by atomic mass is 16.8. The second-order valence-electron chi connectivity index (χ2n) is 18.5. The molecule has 0 saturated carbocycles. The average molecular weight is 773 g/mol. The molecule has 2 N–H and O–H groups in total. The molecule has 306 valence electrons. The van der Waals surface area contributed by atoms with E-state index >= 15 is 0 Å². The third-order valence-corrected chi connectivity index (χ3v) is 14.8. The van der Waals surface area contributed by atoms with Crippen molar-refractivity contribution in [1.29, 1.82) is 0 Å². The Morgan fingerprint density at radius 1 is 0.673 bits per heavy atom. The Morgan fingerprint density at radius 3 is 2.27 bits per heavy atom. The van der Waals surface area contributed by atoms with Crippen LogP contribution in [0.1, 0.15) is 97.3 Å². The number of fused-ring (bicyclic) bond motifs is 7. The number of esters is 1. The summed E-state index contributed by atoms with van der Waals surface area (Å²) in [5, 5.41) is 20.6. The van der Waals surface area contributed by atoms with Crippen LogP contribution in [0.5, 0.6) is 0 Å². The van der Waals surface area contributed by atoms with Crippen LogP contribution in [0, 0.1) is 11.8 Å². The molecule has 0 radical (unpaired) electrons. The number of aliphatic hydroxyl groups is 2. The maximum atomic E-state index is 14.0. The van der Waals surface area contributed by atoms with E-state index < -0.39 is 48.5 Å². The number of carbonyl (C=O) groups is 1. The quantitative estimate of drug-likeness (QED) is 0.312. The number of rotatable bonds is 2. The van der Waals surface area contributed by atoms with Gasteiger partial charge >= 0.3 is 5.97 Å². The Labute approximate surface area is 323 Å². The van der Waals surface area contributed by atoms with E-state index in [0.717, 1.165) is 49.7 Å². The highest BCUT2D eigenvalue weighted by Crippen LogP contribution is 2.54. The molecule has 11 heterocycles. The van der Waals surface area contributed by atoms with Crippen LogP contribution in [-0.2, 0) is 52.2 Å². The highest BCUT2D eigenvalue weighted by molar-refractivity contribution is 5.70. The van der Waals surface area contributed by atoms with Gasteiger partial charge in [0.15, 0.2) is 5.79 Å². The first kappa shape index (κ1) is 37.8. The smallest absolute Gasteiger partial charge is 0.308 e. The van der Waals surface area contributed by atoms with Crippen molar-refractivity contribution in [2.45, 2.75) is 213 Å². The zero-order chi connectivity index (χ0) is 37.7. The summed E-state index contributed by atoms with van der Waals surface area (Å²) < 4.78 is 66.9. The molecule has 11 rings (SSSR count). The van der Waals surface area contributed by atoms with Crippen molar-refractivity contribution in [2.75, 3.05) is 6.61 Å². The van der Waals surface area contributed by atoms with Crippen molar-refractivity contribution in [3.63, 3.8) is 0 Å². The van der Waals surface area contributed by atoms with Crippen LogP contribution in [0.4, 0.5) is 0 Å². The van der Waals surface area contributed by atoms with Gasteiger partial charge in [0.25, 0.3) is 0 Å². The lowest BCUT2D eigenvalue weighted by Crippen LogP contribution is -2.62. The van der Waals surface area contributed by atoms with Crippen LogP contribution < -0.4 is 0 Å². The lowest BCUT2D eigenvalue weighted by Gasteiger charge is -2.51. The Bertz CT molecular complexity index is 1490. The molecular weight excluding hydrogens is 712 g/mol. The molecule has 13 nitrogen and oxygen atoms in total. The maximum absolute atomic E-state index is 14.0. The Morgan fingerprint density at radius 2 is 1.42 bits per heavy atom. The minimum atomic E-state index is -0.808. The zero-order valence-corrected chi connectivity index (χ0v) is 32.2. The van der Waals surface area contributed by atoms with E-state index in [9.17, 15) is 15.0 Å². The summed E-state index contributed by atoms with van der Waals surface area (Å²) in [6.07, 6.45) is 2.38. The fourth-order valence-corrected chi connectivity index (χ4v) is 11.9. The fourth-order valence-electron chi connectivity index (χ4n) is 11.9.